The van der Waals surface area contributed by atoms with E-state index in [-0.39, 0.29) is 23.4 Å². The van der Waals surface area contributed by atoms with Gasteiger partial charge in [0.1, 0.15) is 0 Å². The Kier molecular flexibility index (Phi) is 4.75. The molecule has 2 aliphatic heterocycles. The van der Waals surface area contributed by atoms with Crippen molar-refractivity contribution in [3.63, 3.8) is 0 Å². The van der Waals surface area contributed by atoms with Crippen LogP contribution in [0.1, 0.15) is 70.0 Å². The van der Waals surface area contributed by atoms with Crippen LogP contribution in [0.4, 0.5) is 0 Å². The van der Waals surface area contributed by atoms with Gasteiger partial charge in [-0.2, -0.15) is 0 Å². The first-order valence-electron chi connectivity index (χ1n) is 10.4. The van der Waals surface area contributed by atoms with Crippen molar-refractivity contribution in [1.29, 1.82) is 0 Å². The Morgan fingerprint density at radius 1 is 1.21 bits per heavy atom. The van der Waals surface area contributed by atoms with Crippen molar-refractivity contribution in [2.45, 2.75) is 66.0 Å². The quantitative estimate of drug-likeness (QED) is 0.794. The fraction of sp³-hybridized carbons (Fsp3) is 0.619. The van der Waals surface area contributed by atoms with Gasteiger partial charge in [-0.25, -0.2) is 9.50 Å². The number of nitrogens with one attached hydrogen (secondary N) is 1. The fourth-order valence-electron chi connectivity index (χ4n) is 4.37. The van der Waals surface area contributed by atoms with Gasteiger partial charge in [-0.05, 0) is 19.3 Å². The third kappa shape index (κ3) is 3.45. The first kappa shape index (κ1) is 19.7. The Bertz CT molecular complexity index is 1030. The standard InChI is InChI=1S/C21H29N5O3/c1-13(27)24-10-8-15-14(12-24)19(28)26-18(22-15)11-16(23-26)17-7-5-6-9-25(17)20(29)21(2,3)4/h11,17,23H,5-10,12H2,1-4H3/t17-/m0/s1. The predicted molar refractivity (Wildman–Crippen MR) is 108 cm³/mol. The van der Waals surface area contributed by atoms with Gasteiger partial charge in [-0.15, -0.1) is 0 Å². The van der Waals surface area contributed by atoms with Gasteiger partial charge < -0.3 is 9.80 Å². The van der Waals surface area contributed by atoms with E-state index < -0.39 is 5.41 Å². The molecule has 0 aliphatic carbocycles. The summed E-state index contributed by atoms with van der Waals surface area (Å²) in [5.41, 5.74) is 2.15. The van der Waals surface area contributed by atoms with Crippen LogP contribution in [-0.2, 0) is 22.6 Å². The minimum absolute atomic E-state index is 0.0362. The van der Waals surface area contributed by atoms with E-state index in [0.29, 0.717) is 30.7 Å². The van der Waals surface area contributed by atoms with Crippen LogP contribution >= 0.6 is 0 Å². The Hall–Kier alpha value is -2.64. The van der Waals surface area contributed by atoms with Crippen molar-refractivity contribution in [2.75, 3.05) is 13.1 Å². The number of H-pyrrole nitrogens is 1. The van der Waals surface area contributed by atoms with Crippen LogP contribution in [0.25, 0.3) is 5.65 Å². The number of likely N-dealkylation sites (tertiary alicyclic amines) is 1. The minimum Gasteiger partial charge on any atom is -0.338 e. The molecule has 1 N–H and O–H groups in total. The second-order valence-electron chi connectivity index (χ2n) is 9.20. The Labute approximate surface area is 169 Å². The second-order valence-corrected chi connectivity index (χ2v) is 9.20. The van der Waals surface area contributed by atoms with Crippen molar-refractivity contribution in [3.05, 3.63) is 33.4 Å². The highest BCUT2D eigenvalue weighted by atomic mass is 16.2. The highest BCUT2D eigenvalue weighted by Crippen LogP contribution is 2.34. The average Bonchev–Trinajstić information content (AvgIpc) is 3.10. The number of carbonyl (C=O) groups excluding carboxylic acids is 2. The summed E-state index contributed by atoms with van der Waals surface area (Å²) in [6, 6.07) is 1.82. The predicted octanol–water partition coefficient (Wildman–Crippen LogP) is 2.03. The maximum atomic E-state index is 13.1. The lowest BCUT2D eigenvalue weighted by molar-refractivity contribution is -0.143. The minimum atomic E-state index is -0.452. The van der Waals surface area contributed by atoms with Gasteiger partial charge >= 0.3 is 0 Å². The van der Waals surface area contributed by atoms with Gasteiger partial charge in [-0.3, -0.25) is 19.5 Å². The lowest BCUT2D eigenvalue weighted by Crippen LogP contribution is -2.44. The number of hydrogen-bond acceptors (Lipinski definition) is 4. The van der Waals surface area contributed by atoms with E-state index in [1.54, 1.807) is 4.90 Å². The van der Waals surface area contributed by atoms with Gasteiger partial charge in [-0.1, -0.05) is 20.8 Å². The van der Waals surface area contributed by atoms with Crippen LogP contribution in [0.2, 0.25) is 0 Å². The molecule has 4 rings (SSSR count). The normalized spacial score (nSPS) is 20.1. The molecular formula is C21H29N5O3. The van der Waals surface area contributed by atoms with Crippen LogP contribution in [-0.4, -0.2) is 49.3 Å². The van der Waals surface area contributed by atoms with E-state index in [1.165, 1.54) is 11.4 Å². The van der Waals surface area contributed by atoms with E-state index in [9.17, 15) is 14.4 Å². The van der Waals surface area contributed by atoms with E-state index in [1.807, 2.05) is 31.7 Å². The number of aromatic amines is 1. The molecule has 0 spiro atoms. The molecule has 0 bridgehead atoms. The summed E-state index contributed by atoms with van der Waals surface area (Å²) >= 11 is 0. The number of carbonyl (C=O) groups is 2. The van der Waals surface area contributed by atoms with E-state index in [4.69, 9.17) is 4.98 Å². The molecule has 8 nitrogen and oxygen atoms in total. The molecule has 0 aromatic carbocycles. The van der Waals surface area contributed by atoms with Crippen molar-refractivity contribution in [3.8, 4) is 0 Å². The van der Waals surface area contributed by atoms with Crippen molar-refractivity contribution in [2.24, 2.45) is 5.41 Å². The smallest absolute Gasteiger partial charge is 0.277 e. The second kappa shape index (κ2) is 7.00. The van der Waals surface area contributed by atoms with Crippen LogP contribution in [0.3, 0.4) is 0 Å². The number of fused-ring (bicyclic) bond motifs is 2. The van der Waals surface area contributed by atoms with E-state index in [2.05, 4.69) is 5.10 Å². The SMILES string of the molecule is CC(=O)N1CCc2nc3cc([C@@H]4CCCCN4C(=O)C(C)(C)C)[nH]n3c(=O)c2C1. The highest BCUT2D eigenvalue weighted by molar-refractivity contribution is 5.82. The molecule has 156 valence electrons. The molecular weight excluding hydrogens is 370 g/mol. The maximum Gasteiger partial charge on any atom is 0.277 e. The zero-order valence-electron chi connectivity index (χ0n) is 17.6. The van der Waals surface area contributed by atoms with Crippen molar-refractivity contribution in [1.82, 2.24) is 24.4 Å². The molecule has 2 aromatic heterocycles. The molecule has 2 aromatic rings. The Morgan fingerprint density at radius 2 is 1.97 bits per heavy atom. The van der Waals surface area contributed by atoms with Crippen LogP contribution < -0.4 is 5.56 Å². The topological polar surface area (TPSA) is 90.8 Å². The van der Waals surface area contributed by atoms with Gasteiger partial charge in [0.25, 0.3) is 5.56 Å². The van der Waals surface area contributed by atoms with Crippen molar-refractivity contribution < 1.29 is 9.59 Å². The molecule has 2 aliphatic rings. The molecule has 0 unspecified atom stereocenters. The lowest BCUT2D eigenvalue weighted by Gasteiger charge is -2.38. The van der Waals surface area contributed by atoms with Gasteiger partial charge in [0.2, 0.25) is 11.8 Å². The summed E-state index contributed by atoms with van der Waals surface area (Å²) in [4.78, 5) is 46.1. The molecule has 1 fully saturated rings. The molecule has 1 atom stereocenters. The number of rotatable bonds is 1. The molecule has 0 saturated carbocycles. The summed E-state index contributed by atoms with van der Waals surface area (Å²) < 4.78 is 1.46. The maximum absolute atomic E-state index is 13.1. The zero-order chi connectivity index (χ0) is 20.9. The molecule has 8 heteroatoms. The molecule has 29 heavy (non-hydrogen) atoms. The summed E-state index contributed by atoms with van der Waals surface area (Å²) in [7, 11) is 0. The molecule has 0 radical (unpaired) electrons. The number of piperidine rings is 1. The molecule has 2 amide bonds. The molecule has 4 heterocycles. The van der Waals surface area contributed by atoms with Crippen LogP contribution in [0, 0.1) is 5.41 Å². The third-order valence-corrected chi connectivity index (χ3v) is 5.99. The van der Waals surface area contributed by atoms with Crippen molar-refractivity contribution >= 4 is 17.5 Å². The van der Waals surface area contributed by atoms with Gasteiger partial charge in [0.15, 0.2) is 5.65 Å². The number of aromatic nitrogens is 3. The monoisotopic (exact) mass is 399 g/mol. The first-order chi connectivity index (χ1) is 13.7. The fourth-order valence-corrected chi connectivity index (χ4v) is 4.37. The van der Waals surface area contributed by atoms with E-state index in [0.717, 1.165) is 37.2 Å². The molecule has 1 saturated heterocycles. The Balaban J connectivity index is 1.74. The lowest BCUT2D eigenvalue weighted by atomic mass is 9.90. The van der Waals surface area contributed by atoms with Gasteiger partial charge in [0.05, 0.1) is 29.5 Å². The third-order valence-electron chi connectivity index (χ3n) is 5.99. The van der Waals surface area contributed by atoms with Gasteiger partial charge in [0, 0.05) is 37.9 Å². The average molecular weight is 399 g/mol. The van der Waals surface area contributed by atoms with Crippen LogP contribution in [0.5, 0.6) is 0 Å². The van der Waals surface area contributed by atoms with Crippen LogP contribution in [0.15, 0.2) is 10.9 Å². The van der Waals surface area contributed by atoms with E-state index >= 15 is 0 Å². The summed E-state index contributed by atoms with van der Waals surface area (Å²) in [6.45, 7) is 8.94. The number of amides is 2. The highest BCUT2D eigenvalue weighted by Gasteiger charge is 2.35. The number of nitrogens with zero attached hydrogens (tertiary/aromatic N) is 4. The number of hydrogen-bond donors (Lipinski definition) is 1. The zero-order valence-corrected chi connectivity index (χ0v) is 17.6. The Morgan fingerprint density at radius 3 is 2.66 bits per heavy atom. The summed E-state index contributed by atoms with van der Waals surface area (Å²) in [6.07, 6.45) is 3.48. The largest absolute Gasteiger partial charge is 0.338 e. The first-order valence-corrected chi connectivity index (χ1v) is 10.4. The summed E-state index contributed by atoms with van der Waals surface area (Å²) in [5.74, 6) is 0.0865. The summed E-state index contributed by atoms with van der Waals surface area (Å²) in [5, 5.41) is 3.21.